The normalized spacial score (nSPS) is 16.6. The quantitative estimate of drug-likeness (QED) is 0.612. The molecule has 0 aliphatic carbocycles. The number of nitrogen functional groups attached to an aromatic ring is 1. The van der Waals surface area contributed by atoms with Crippen molar-refractivity contribution in [2.75, 3.05) is 30.6 Å². The first kappa shape index (κ1) is 13.0. The number of hydrazine groups is 1. The van der Waals surface area contributed by atoms with Crippen LogP contribution in [0.1, 0.15) is 25.3 Å². The van der Waals surface area contributed by atoms with Gasteiger partial charge in [0.2, 0.25) is 0 Å². The summed E-state index contributed by atoms with van der Waals surface area (Å²) < 4.78 is 5.40. The van der Waals surface area contributed by atoms with Crippen LogP contribution in [-0.4, -0.2) is 36.3 Å². The van der Waals surface area contributed by atoms with Crippen molar-refractivity contribution in [2.24, 2.45) is 5.84 Å². The highest BCUT2D eigenvalue weighted by Gasteiger charge is 2.22. The zero-order valence-electron chi connectivity index (χ0n) is 11.0. The standard InChI is InChI=1S/C12H21N5O/c1-3-10-11(16-13)14-8-15-12(10)17(2)9-4-6-18-7-5-9/h8-9H,3-7,13H2,1-2H3,(H,14,15,16). The average Bonchev–Trinajstić information content (AvgIpc) is 2.46. The van der Waals surface area contributed by atoms with Gasteiger partial charge in [0.15, 0.2) is 0 Å². The predicted octanol–water partition coefficient (Wildman–Crippen LogP) is 0.940. The number of rotatable bonds is 4. The second-order valence-corrected chi connectivity index (χ2v) is 4.48. The second kappa shape index (κ2) is 5.97. The topological polar surface area (TPSA) is 76.3 Å². The monoisotopic (exact) mass is 251 g/mol. The lowest BCUT2D eigenvalue weighted by Gasteiger charge is -2.33. The smallest absolute Gasteiger partial charge is 0.148 e. The Balaban J connectivity index is 2.25. The molecule has 2 rings (SSSR count). The van der Waals surface area contributed by atoms with Gasteiger partial charge in [-0.05, 0) is 19.3 Å². The minimum Gasteiger partial charge on any atom is -0.381 e. The molecule has 0 atom stereocenters. The van der Waals surface area contributed by atoms with Crippen molar-refractivity contribution in [2.45, 2.75) is 32.2 Å². The summed E-state index contributed by atoms with van der Waals surface area (Å²) in [6, 6.07) is 0.476. The summed E-state index contributed by atoms with van der Waals surface area (Å²) in [6.45, 7) is 3.73. The maximum atomic E-state index is 5.49. The Labute approximate surface area is 108 Å². The zero-order chi connectivity index (χ0) is 13.0. The third-order valence-electron chi connectivity index (χ3n) is 3.49. The maximum Gasteiger partial charge on any atom is 0.148 e. The van der Waals surface area contributed by atoms with E-state index in [-0.39, 0.29) is 0 Å². The maximum absolute atomic E-state index is 5.49. The lowest BCUT2D eigenvalue weighted by atomic mass is 10.1. The molecule has 6 heteroatoms. The van der Waals surface area contributed by atoms with Gasteiger partial charge in [0.25, 0.3) is 0 Å². The molecule has 1 aliphatic rings. The minimum absolute atomic E-state index is 0.476. The number of hydrogen-bond donors (Lipinski definition) is 2. The highest BCUT2D eigenvalue weighted by molar-refractivity contribution is 5.58. The number of anilines is 2. The van der Waals surface area contributed by atoms with Crippen molar-refractivity contribution in [3.8, 4) is 0 Å². The molecule has 0 amide bonds. The summed E-state index contributed by atoms with van der Waals surface area (Å²) in [5, 5.41) is 0. The number of nitrogens with two attached hydrogens (primary N) is 1. The van der Waals surface area contributed by atoms with E-state index in [1.54, 1.807) is 6.33 Å². The Kier molecular flexibility index (Phi) is 4.33. The largest absolute Gasteiger partial charge is 0.381 e. The molecule has 6 nitrogen and oxygen atoms in total. The Hall–Kier alpha value is -1.40. The Morgan fingerprint density at radius 2 is 2.17 bits per heavy atom. The molecule has 100 valence electrons. The van der Waals surface area contributed by atoms with Gasteiger partial charge in [0.1, 0.15) is 18.0 Å². The zero-order valence-corrected chi connectivity index (χ0v) is 11.0. The molecular weight excluding hydrogens is 230 g/mol. The first-order valence-electron chi connectivity index (χ1n) is 6.39. The van der Waals surface area contributed by atoms with Gasteiger partial charge in [-0.2, -0.15) is 0 Å². The SMILES string of the molecule is CCc1c(NN)ncnc1N(C)C1CCOCC1. The first-order chi connectivity index (χ1) is 8.77. The van der Waals surface area contributed by atoms with Gasteiger partial charge in [0.05, 0.1) is 0 Å². The van der Waals surface area contributed by atoms with E-state index in [2.05, 4.69) is 34.3 Å². The van der Waals surface area contributed by atoms with E-state index in [0.717, 1.165) is 43.9 Å². The van der Waals surface area contributed by atoms with Gasteiger partial charge in [-0.15, -0.1) is 0 Å². The van der Waals surface area contributed by atoms with Crippen molar-refractivity contribution >= 4 is 11.6 Å². The highest BCUT2D eigenvalue weighted by Crippen LogP contribution is 2.26. The van der Waals surface area contributed by atoms with E-state index < -0.39 is 0 Å². The van der Waals surface area contributed by atoms with Crippen molar-refractivity contribution in [3.05, 3.63) is 11.9 Å². The number of nitrogens with one attached hydrogen (secondary N) is 1. The number of aromatic nitrogens is 2. The van der Waals surface area contributed by atoms with Crippen LogP contribution in [0.4, 0.5) is 11.6 Å². The summed E-state index contributed by atoms with van der Waals surface area (Å²) in [6.07, 6.45) is 4.48. The predicted molar refractivity (Wildman–Crippen MR) is 71.5 cm³/mol. The van der Waals surface area contributed by atoms with Crippen molar-refractivity contribution in [1.29, 1.82) is 0 Å². The van der Waals surface area contributed by atoms with Crippen LogP contribution in [0.3, 0.4) is 0 Å². The fraction of sp³-hybridized carbons (Fsp3) is 0.667. The average molecular weight is 251 g/mol. The van der Waals surface area contributed by atoms with Gasteiger partial charge in [0, 0.05) is 31.9 Å². The summed E-state index contributed by atoms with van der Waals surface area (Å²) in [5.41, 5.74) is 3.71. The van der Waals surface area contributed by atoms with Gasteiger partial charge < -0.3 is 15.1 Å². The summed E-state index contributed by atoms with van der Waals surface area (Å²) in [7, 11) is 2.08. The van der Waals surface area contributed by atoms with Crippen LogP contribution in [-0.2, 0) is 11.2 Å². The molecule has 18 heavy (non-hydrogen) atoms. The van der Waals surface area contributed by atoms with E-state index in [1.807, 2.05) is 0 Å². The van der Waals surface area contributed by atoms with Crippen molar-refractivity contribution < 1.29 is 4.74 Å². The molecule has 1 aliphatic heterocycles. The summed E-state index contributed by atoms with van der Waals surface area (Å²) >= 11 is 0. The minimum atomic E-state index is 0.476. The molecule has 0 unspecified atom stereocenters. The van der Waals surface area contributed by atoms with E-state index in [9.17, 15) is 0 Å². The second-order valence-electron chi connectivity index (χ2n) is 4.48. The Morgan fingerprint density at radius 3 is 2.78 bits per heavy atom. The fourth-order valence-corrected chi connectivity index (χ4v) is 2.40. The molecule has 1 aromatic rings. The van der Waals surface area contributed by atoms with Gasteiger partial charge >= 0.3 is 0 Å². The van der Waals surface area contributed by atoms with Gasteiger partial charge in [-0.3, -0.25) is 0 Å². The van der Waals surface area contributed by atoms with Crippen LogP contribution >= 0.6 is 0 Å². The molecule has 0 bridgehead atoms. The van der Waals surface area contributed by atoms with Gasteiger partial charge in [-0.1, -0.05) is 6.92 Å². The van der Waals surface area contributed by atoms with Crippen LogP contribution in [0.25, 0.3) is 0 Å². The van der Waals surface area contributed by atoms with Crippen LogP contribution in [0, 0.1) is 0 Å². The van der Waals surface area contributed by atoms with Crippen molar-refractivity contribution in [1.82, 2.24) is 9.97 Å². The van der Waals surface area contributed by atoms with Crippen LogP contribution in [0.15, 0.2) is 6.33 Å². The molecule has 1 saturated heterocycles. The molecule has 1 fully saturated rings. The summed E-state index contributed by atoms with van der Waals surface area (Å²) in [4.78, 5) is 10.8. The molecule has 3 N–H and O–H groups in total. The molecule has 0 spiro atoms. The van der Waals surface area contributed by atoms with Crippen molar-refractivity contribution in [3.63, 3.8) is 0 Å². The Morgan fingerprint density at radius 1 is 1.44 bits per heavy atom. The Bertz CT molecular complexity index is 392. The fourth-order valence-electron chi connectivity index (χ4n) is 2.40. The number of ether oxygens (including phenoxy) is 1. The number of hydrogen-bond acceptors (Lipinski definition) is 6. The van der Waals surface area contributed by atoms with Gasteiger partial charge in [-0.25, -0.2) is 15.8 Å². The molecule has 0 aromatic carbocycles. The van der Waals surface area contributed by atoms with Crippen LogP contribution in [0.2, 0.25) is 0 Å². The third kappa shape index (κ3) is 2.54. The molecule has 0 saturated carbocycles. The summed E-state index contributed by atoms with van der Waals surface area (Å²) in [5.74, 6) is 7.17. The molecular formula is C12H21N5O. The lowest BCUT2D eigenvalue weighted by Crippen LogP contribution is -2.37. The lowest BCUT2D eigenvalue weighted by molar-refractivity contribution is 0.0853. The van der Waals surface area contributed by atoms with E-state index in [0.29, 0.717) is 11.9 Å². The molecule has 2 heterocycles. The third-order valence-corrected chi connectivity index (χ3v) is 3.49. The van der Waals surface area contributed by atoms with Crippen LogP contribution < -0.4 is 16.2 Å². The highest BCUT2D eigenvalue weighted by atomic mass is 16.5. The first-order valence-corrected chi connectivity index (χ1v) is 6.39. The molecule has 1 aromatic heterocycles. The van der Waals surface area contributed by atoms with Crippen LogP contribution in [0.5, 0.6) is 0 Å². The van der Waals surface area contributed by atoms with E-state index >= 15 is 0 Å². The molecule has 0 radical (unpaired) electrons. The number of nitrogens with zero attached hydrogens (tertiary/aromatic N) is 3. The van der Waals surface area contributed by atoms with E-state index in [4.69, 9.17) is 10.6 Å². The van der Waals surface area contributed by atoms with E-state index in [1.165, 1.54) is 0 Å².